The summed E-state index contributed by atoms with van der Waals surface area (Å²) in [5.74, 6) is 3.59. The maximum atomic E-state index is 12.6. The normalized spacial score (nSPS) is 10.7. The maximum absolute atomic E-state index is 12.6. The Bertz CT molecular complexity index is 412. The molecular weight excluding hydrogens is 210 g/mol. The molecule has 15 heavy (non-hydrogen) atoms. The first-order valence-corrected chi connectivity index (χ1v) is 4.01. The summed E-state index contributed by atoms with van der Waals surface area (Å²) in [7, 11) is 0. The van der Waals surface area contributed by atoms with Crippen LogP contribution >= 0.6 is 0 Å². The van der Waals surface area contributed by atoms with Crippen molar-refractivity contribution in [3.8, 4) is 11.8 Å². The molecule has 5 heteroatoms. The zero-order chi connectivity index (χ0) is 11.5. The number of rotatable bonds is 0. The van der Waals surface area contributed by atoms with Gasteiger partial charge in [0.2, 0.25) is 0 Å². The summed E-state index contributed by atoms with van der Waals surface area (Å²) in [6.45, 7) is -0.0470. The number of benzene rings is 1. The fourth-order valence-electron chi connectivity index (χ4n) is 1.01. The first-order valence-electron chi connectivity index (χ1n) is 4.01. The molecule has 1 aromatic carbocycles. The molecule has 0 bridgehead atoms. The van der Waals surface area contributed by atoms with E-state index in [2.05, 4.69) is 11.8 Å². The topological polar surface area (TPSA) is 26.0 Å². The van der Waals surface area contributed by atoms with E-state index in [1.54, 1.807) is 0 Å². The lowest BCUT2D eigenvalue weighted by Crippen LogP contribution is -2.08. The van der Waals surface area contributed by atoms with Gasteiger partial charge in [-0.1, -0.05) is 11.8 Å². The Morgan fingerprint density at radius 2 is 1.93 bits per heavy atom. The quantitative estimate of drug-likeness (QED) is 0.523. The lowest BCUT2D eigenvalue weighted by atomic mass is 10.1. The maximum Gasteiger partial charge on any atom is 0.417 e. The third kappa shape index (κ3) is 2.96. The van der Waals surface area contributed by atoms with Crippen LogP contribution in [0.25, 0.3) is 0 Å². The molecule has 2 N–H and O–H groups in total. The second-order valence-electron chi connectivity index (χ2n) is 2.69. The van der Waals surface area contributed by atoms with Gasteiger partial charge in [0.15, 0.2) is 0 Å². The molecular formula is C10H7F4N. The van der Waals surface area contributed by atoms with Gasteiger partial charge < -0.3 is 5.73 Å². The Morgan fingerprint density at radius 1 is 1.27 bits per heavy atom. The van der Waals surface area contributed by atoms with Gasteiger partial charge in [0.25, 0.3) is 0 Å². The molecule has 0 heterocycles. The van der Waals surface area contributed by atoms with E-state index in [0.29, 0.717) is 6.07 Å². The van der Waals surface area contributed by atoms with Crippen LogP contribution in [-0.2, 0) is 6.18 Å². The SMILES string of the molecule is NCC#Cc1ccc(F)cc1C(F)(F)F. The van der Waals surface area contributed by atoms with Gasteiger partial charge in [-0.15, -0.1) is 0 Å². The summed E-state index contributed by atoms with van der Waals surface area (Å²) in [5, 5.41) is 0. The van der Waals surface area contributed by atoms with E-state index < -0.39 is 17.6 Å². The molecule has 0 aromatic heterocycles. The van der Waals surface area contributed by atoms with E-state index in [9.17, 15) is 17.6 Å². The summed E-state index contributed by atoms with van der Waals surface area (Å²) >= 11 is 0. The van der Waals surface area contributed by atoms with Crippen LogP contribution in [0.3, 0.4) is 0 Å². The number of hydrogen-bond donors (Lipinski definition) is 1. The smallest absolute Gasteiger partial charge is 0.320 e. The molecule has 0 aliphatic rings. The van der Waals surface area contributed by atoms with Crippen molar-refractivity contribution in [3.63, 3.8) is 0 Å². The van der Waals surface area contributed by atoms with Gasteiger partial charge >= 0.3 is 6.18 Å². The Labute approximate surface area is 83.9 Å². The van der Waals surface area contributed by atoms with Crippen molar-refractivity contribution >= 4 is 0 Å². The molecule has 0 aliphatic carbocycles. The molecule has 0 saturated heterocycles. The molecule has 1 rings (SSSR count). The molecule has 0 radical (unpaired) electrons. The largest absolute Gasteiger partial charge is 0.417 e. The standard InChI is InChI=1S/C10H7F4N/c11-8-4-3-7(2-1-5-15)9(6-8)10(12,13)14/h3-4,6H,5,15H2. The van der Waals surface area contributed by atoms with Crippen LogP contribution in [0.15, 0.2) is 18.2 Å². The second kappa shape index (κ2) is 4.32. The zero-order valence-corrected chi connectivity index (χ0v) is 7.53. The average Bonchev–Trinajstić information content (AvgIpc) is 2.14. The van der Waals surface area contributed by atoms with E-state index in [1.807, 2.05) is 0 Å². The van der Waals surface area contributed by atoms with Gasteiger partial charge in [0, 0.05) is 5.56 Å². The van der Waals surface area contributed by atoms with Crippen molar-refractivity contribution in [3.05, 3.63) is 35.1 Å². The first-order chi connectivity index (χ1) is 6.95. The Morgan fingerprint density at radius 3 is 2.47 bits per heavy atom. The molecule has 0 atom stereocenters. The van der Waals surface area contributed by atoms with E-state index >= 15 is 0 Å². The van der Waals surface area contributed by atoms with Crippen LogP contribution in [0.4, 0.5) is 17.6 Å². The minimum Gasteiger partial charge on any atom is -0.320 e. The summed E-state index contributed by atoms with van der Waals surface area (Å²) in [5.41, 5.74) is 3.69. The molecule has 1 nitrogen and oxygen atoms in total. The number of alkyl halides is 3. The van der Waals surface area contributed by atoms with E-state index in [-0.39, 0.29) is 12.1 Å². The minimum absolute atomic E-state index is 0.0470. The molecule has 1 aromatic rings. The van der Waals surface area contributed by atoms with Gasteiger partial charge in [-0.25, -0.2) is 4.39 Å². The third-order valence-electron chi connectivity index (χ3n) is 1.61. The van der Waals surface area contributed by atoms with Crippen LogP contribution in [0.2, 0.25) is 0 Å². The molecule has 0 unspecified atom stereocenters. The summed E-state index contributed by atoms with van der Waals surface area (Å²) in [6, 6.07) is 2.33. The van der Waals surface area contributed by atoms with Crippen LogP contribution in [-0.4, -0.2) is 6.54 Å². The van der Waals surface area contributed by atoms with Gasteiger partial charge in [-0.2, -0.15) is 13.2 Å². The summed E-state index contributed by atoms with van der Waals surface area (Å²) < 4.78 is 49.8. The predicted octanol–water partition coefficient (Wildman–Crippen LogP) is 2.15. The van der Waals surface area contributed by atoms with Crippen molar-refractivity contribution in [2.24, 2.45) is 5.73 Å². The van der Waals surface area contributed by atoms with E-state index in [0.717, 1.165) is 12.1 Å². The highest BCUT2D eigenvalue weighted by Gasteiger charge is 2.33. The number of halogens is 4. The van der Waals surface area contributed by atoms with Gasteiger partial charge in [-0.05, 0) is 18.2 Å². The number of nitrogens with two attached hydrogens (primary N) is 1. The first kappa shape index (κ1) is 11.5. The lowest BCUT2D eigenvalue weighted by molar-refractivity contribution is -0.137. The van der Waals surface area contributed by atoms with Gasteiger partial charge in [0.1, 0.15) is 5.82 Å². The van der Waals surface area contributed by atoms with E-state index in [4.69, 9.17) is 5.73 Å². The van der Waals surface area contributed by atoms with Crippen molar-refractivity contribution < 1.29 is 17.6 Å². The molecule has 0 saturated carbocycles. The van der Waals surface area contributed by atoms with Crippen LogP contribution < -0.4 is 5.73 Å². The monoisotopic (exact) mass is 217 g/mol. The highest BCUT2D eigenvalue weighted by atomic mass is 19.4. The predicted molar refractivity (Wildman–Crippen MR) is 47.3 cm³/mol. The fraction of sp³-hybridized carbons (Fsp3) is 0.200. The highest BCUT2D eigenvalue weighted by Crippen LogP contribution is 2.32. The van der Waals surface area contributed by atoms with Crippen molar-refractivity contribution in [2.45, 2.75) is 6.18 Å². The van der Waals surface area contributed by atoms with Crippen LogP contribution in [0, 0.1) is 17.7 Å². The molecule has 0 aliphatic heterocycles. The van der Waals surface area contributed by atoms with Gasteiger partial charge in [0.05, 0.1) is 12.1 Å². The minimum atomic E-state index is -4.61. The van der Waals surface area contributed by atoms with Crippen LogP contribution in [0.5, 0.6) is 0 Å². The molecule has 0 fully saturated rings. The molecule has 0 spiro atoms. The fourth-order valence-corrected chi connectivity index (χ4v) is 1.01. The Kier molecular flexibility index (Phi) is 3.32. The highest BCUT2D eigenvalue weighted by molar-refractivity contribution is 5.43. The number of hydrogen-bond acceptors (Lipinski definition) is 1. The summed E-state index contributed by atoms with van der Waals surface area (Å²) in [6.07, 6.45) is -4.61. The van der Waals surface area contributed by atoms with Crippen molar-refractivity contribution in [2.75, 3.05) is 6.54 Å². The van der Waals surface area contributed by atoms with Crippen LogP contribution in [0.1, 0.15) is 11.1 Å². The van der Waals surface area contributed by atoms with Crippen molar-refractivity contribution in [1.29, 1.82) is 0 Å². The van der Waals surface area contributed by atoms with Gasteiger partial charge in [-0.3, -0.25) is 0 Å². The molecule has 0 amide bonds. The van der Waals surface area contributed by atoms with E-state index in [1.165, 1.54) is 0 Å². The second-order valence-corrected chi connectivity index (χ2v) is 2.69. The average molecular weight is 217 g/mol. The summed E-state index contributed by atoms with van der Waals surface area (Å²) in [4.78, 5) is 0. The Balaban J connectivity index is 3.27. The molecule has 80 valence electrons. The Hall–Kier alpha value is -1.54. The lowest BCUT2D eigenvalue weighted by Gasteiger charge is -2.08. The van der Waals surface area contributed by atoms with Crippen molar-refractivity contribution in [1.82, 2.24) is 0 Å². The third-order valence-corrected chi connectivity index (χ3v) is 1.61. The zero-order valence-electron chi connectivity index (χ0n) is 7.53.